The van der Waals surface area contributed by atoms with Crippen molar-refractivity contribution in [2.24, 2.45) is 0 Å². The van der Waals surface area contributed by atoms with E-state index in [4.69, 9.17) is 36.8 Å². The summed E-state index contributed by atoms with van der Waals surface area (Å²) in [6.07, 6.45) is 3.38. The Hall–Kier alpha value is -2.05. The first-order valence-corrected chi connectivity index (χ1v) is 16.6. The van der Waals surface area contributed by atoms with Crippen molar-refractivity contribution in [3.05, 3.63) is 65.5 Å². The second-order valence-electron chi connectivity index (χ2n) is 15.2. The number of hydrogen-bond acceptors (Lipinski definition) is 8. The molecule has 3 aliphatic heterocycles. The Morgan fingerprint density at radius 3 is 1.26 bits per heavy atom. The van der Waals surface area contributed by atoms with Gasteiger partial charge in [-0.2, -0.15) is 0 Å². The second-order valence-corrected chi connectivity index (χ2v) is 16.1. The van der Waals surface area contributed by atoms with Gasteiger partial charge in [-0.3, -0.25) is 0 Å². The van der Waals surface area contributed by atoms with Crippen molar-refractivity contribution in [2.75, 3.05) is 0 Å². The van der Waals surface area contributed by atoms with Gasteiger partial charge in [0.2, 0.25) is 0 Å². The first-order valence-electron chi connectivity index (χ1n) is 15.8. The van der Waals surface area contributed by atoms with Gasteiger partial charge < -0.3 is 36.8 Å². The van der Waals surface area contributed by atoms with E-state index in [1.54, 1.807) is 12.5 Å². The summed E-state index contributed by atoms with van der Waals surface area (Å²) in [6, 6.07) is 15.8. The molecule has 246 valence electrons. The molecule has 0 bridgehead atoms. The Balaban J connectivity index is 0.000000142. The van der Waals surface area contributed by atoms with Gasteiger partial charge in [0.1, 0.15) is 11.2 Å². The Morgan fingerprint density at radius 2 is 0.826 bits per heavy atom. The molecule has 2 aromatic carbocycles. The van der Waals surface area contributed by atoms with E-state index in [9.17, 15) is 0 Å². The molecule has 12 heteroatoms. The number of halogens is 1. The monoisotopic (exact) mass is 694 g/mol. The lowest BCUT2D eigenvalue weighted by atomic mass is 9.49. The number of hydrogen-bond donors (Lipinski definition) is 0. The third-order valence-corrected chi connectivity index (χ3v) is 10.7. The van der Waals surface area contributed by atoms with Crippen LogP contribution in [0.3, 0.4) is 0 Å². The maximum atomic E-state index is 6.02. The van der Waals surface area contributed by atoms with Crippen LogP contribution in [0.15, 0.2) is 74.4 Å². The van der Waals surface area contributed by atoms with Gasteiger partial charge in [-0.15, -0.1) is 0 Å². The smallest absolute Gasteiger partial charge is 0.464 e. The topological polar surface area (TPSA) is 81.7 Å². The molecule has 0 saturated carbocycles. The average molecular weight is 695 g/mol. The van der Waals surface area contributed by atoms with Crippen LogP contribution in [0.4, 0.5) is 0 Å². The van der Waals surface area contributed by atoms with Crippen molar-refractivity contribution in [1.82, 2.24) is 0 Å². The van der Waals surface area contributed by atoms with Crippen LogP contribution in [0.2, 0.25) is 0 Å². The molecule has 7 rings (SSSR count). The van der Waals surface area contributed by atoms with E-state index in [0.29, 0.717) is 0 Å². The first-order chi connectivity index (χ1) is 21.1. The fraction of sp³-hybridized carbons (Fsp3) is 0.529. The fourth-order valence-corrected chi connectivity index (χ4v) is 5.43. The van der Waals surface area contributed by atoms with Gasteiger partial charge in [0.15, 0.2) is 0 Å². The Bertz CT molecular complexity index is 1590. The number of rotatable bonds is 2. The Morgan fingerprint density at radius 1 is 0.457 bits per heavy atom. The van der Waals surface area contributed by atoms with Crippen LogP contribution in [-0.2, 0) is 27.9 Å². The van der Waals surface area contributed by atoms with Crippen molar-refractivity contribution in [1.29, 1.82) is 0 Å². The standard InChI is InChI=1S/C14H17BO3.C12H24B2O4.C8H5BrO/c1-13(2)14(3,4)18-15(17-13)11-5-6-12-10(9-11)7-8-16-12;1-9(2)10(3,4)16-13(15-9)14-17-11(5,6)12(7,8)18-14;9-7-1-2-8-6(5-7)3-4-10-8/h5-9H,1-4H3;1-8H3;1-5H. The number of furan rings is 2. The van der Waals surface area contributed by atoms with E-state index in [2.05, 4.69) is 49.7 Å². The van der Waals surface area contributed by atoms with Gasteiger partial charge in [-0.05, 0) is 125 Å². The molecule has 2 aromatic heterocycles. The quantitative estimate of drug-likeness (QED) is 0.195. The first kappa shape index (κ1) is 35.3. The van der Waals surface area contributed by atoms with Crippen LogP contribution in [0.25, 0.3) is 21.9 Å². The molecule has 3 saturated heterocycles. The largest absolute Gasteiger partial charge is 0.494 e. The van der Waals surface area contributed by atoms with Crippen LogP contribution >= 0.6 is 15.9 Å². The molecule has 0 radical (unpaired) electrons. The van der Waals surface area contributed by atoms with Crippen LogP contribution in [0.5, 0.6) is 0 Å². The van der Waals surface area contributed by atoms with Crippen LogP contribution in [-0.4, -0.2) is 54.7 Å². The SMILES string of the molecule is Brc1ccc2occc2c1.CC1(C)OB(B2OC(C)(C)C(C)(C)O2)OC1(C)C.CC1(C)OB(c2ccc3occc3c2)OC1(C)C. The zero-order chi connectivity index (χ0) is 33.9. The van der Waals surface area contributed by atoms with Gasteiger partial charge in [-0.1, -0.05) is 28.1 Å². The minimum Gasteiger partial charge on any atom is -0.464 e. The Labute approximate surface area is 282 Å². The summed E-state index contributed by atoms with van der Waals surface area (Å²) >= 11 is 3.38. The predicted octanol–water partition coefficient (Wildman–Crippen LogP) is 8.18. The average Bonchev–Trinajstić information content (AvgIpc) is 3.71. The summed E-state index contributed by atoms with van der Waals surface area (Å²) in [4.78, 5) is 0. The molecule has 8 nitrogen and oxygen atoms in total. The van der Waals surface area contributed by atoms with E-state index in [1.165, 1.54) is 0 Å². The minimum absolute atomic E-state index is 0.303. The van der Waals surface area contributed by atoms with Crippen molar-refractivity contribution in [3.63, 3.8) is 0 Å². The third-order valence-electron chi connectivity index (χ3n) is 10.2. The van der Waals surface area contributed by atoms with Crippen molar-refractivity contribution >= 4 is 64.5 Å². The highest BCUT2D eigenvalue weighted by molar-refractivity contribution is 9.10. The zero-order valence-electron chi connectivity index (χ0n) is 29.1. The van der Waals surface area contributed by atoms with E-state index < -0.39 is 14.0 Å². The summed E-state index contributed by atoms with van der Waals surface area (Å²) in [5.41, 5.74) is 0.804. The second kappa shape index (κ2) is 12.1. The third kappa shape index (κ3) is 6.90. The van der Waals surface area contributed by atoms with Gasteiger partial charge in [-0.25, -0.2) is 0 Å². The molecule has 0 spiro atoms. The summed E-state index contributed by atoms with van der Waals surface area (Å²) in [5.74, 6) is 0. The fourth-order valence-electron chi connectivity index (χ4n) is 5.05. The molecule has 0 unspecified atom stereocenters. The summed E-state index contributed by atoms with van der Waals surface area (Å²) in [6.45, 7) is 24.4. The molecule has 3 aliphatic rings. The molecule has 0 atom stereocenters. The molecule has 3 fully saturated rings. The van der Waals surface area contributed by atoms with Crippen molar-refractivity contribution in [3.8, 4) is 0 Å². The summed E-state index contributed by atoms with van der Waals surface area (Å²) < 4.78 is 47.5. The lowest BCUT2D eigenvalue weighted by Gasteiger charge is -2.32. The number of fused-ring (bicyclic) bond motifs is 2. The van der Waals surface area contributed by atoms with E-state index in [0.717, 1.165) is 31.9 Å². The highest BCUT2D eigenvalue weighted by Gasteiger charge is 2.63. The molecule has 5 heterocycles. The molecule has 0 aliphatic carbocycles. The van der Waals surface area contributed by atoms with Crippen molar-refractivity contribution in [2.45, 2.75) is 117 Å². The Kier molecular flexibility index (Phi) is 9.30. The molecule has 4 aromatic rings. The maximum absolute atomic E-state index is 6.02. The molecule has 46 heavy (non-hydrogen) atoms. The van der Waals surface area contributed by atoms with Crippen molar-refractivity contribution < 1.29 is 36.8 Å². The highest BCUT2D eigenvalue weighted by atomic mass is 79.9. The van der Waals surface area contributed by atoms with E-state index in [-0.39, 0.29) is 40.7 Å². The normalized spacial score (nSPS) is 23.3. The van der Waals surface area contributed by atoms with Crippen LogP contribution < -0.4 is 5.46 Å². The van der Waals surface area contributed by atoms with Crippen LogP contribution in [0.1, 0.15) is 83.1 Å². The lowest BCUT2D eigenvalue weighted by Crippen LogP contribution is -2.41. The van der Waals surface area contributed by atoms with Gasteiger partial charge >= 0.3 is 21.1 Å². The molecular weight excluding hydrogens is 649 g/mol. The van der Waals surface area contributed by atoms with E-state index >= 15 is 0 Å². The minimum atomic E-state index is -0.476. The lowest BCUT2D eigenvalue weighted by molar-refractivity contribution is 0.00578. The highest BCUT2D eigenvalue weighted by Crippen LogP contribution is 2.43. The number of benzene rings is 2. The van der Waals surface area contributed by atoms with Crippen LogP contribution in [0, 0.1) is 0 Å². The van der Waals surface area contributed by atoms with Gasteiger partial charge in [0.25, 0.3) is 0 Å². The predicted molar refractivity (Wildman–Crippen MR) is 188 cm³/mol. The van der Waals surface area contributed by atoms with Gasteiger partial charge in [0, 0.05) is 15.2 Å². The zero-order valence-corrected chi connectivity index (χ0v) is 30.7. The molecule has 0 amide bonds. The van der Waals surface area contributed by atoms with E-state index in [1.807, 2.05) is 97.9 Å². The molecular formula is C34H46B3BrO8. The molecule has 0 N–H and O–H groups in total. The van der Waals surface area contributed by atoms with Gasteiger partial charge in [0.05, 0.1) is 46.1 Å². The summed E-state index contributed by atoms with van der Waals surface area (Å²) in [5, 5.41) is 2.21. The summed E-state index contributed by atoms with van der Waals surface area (Å²) in [7, 11) is -1.26. The maximum Gasteiger partial charge on any atom is 0.494 e.